The van der Waals surface area contributed by atoms with Crippen LogP contribution in [0, 0.1) is 6.92 Å². The smallest absolute Gasteiger partial charge is 0.132 e. The fraction of sp³-hybridized carbons (Fsp3) is 0.320. The molecule has 0 aliphatic carbocycles. The topological polar surface area (TPSA) is 35.3 Å². The van der Waals surface area contributed by atoms with Crippen molar-refractivity contribution >= 4 is 6.08 Å². The third-order valence-electron chi connectivity index (χ3n) is 5.20. The molecule has 3 heteroatoms. The summed E-state index contributed by atoms with van der Waals surface area (Å²) in [5.41, 5.74) is 8.95. The second-order valence-electron chi connectivity index (χ2n) is 7.41. The van der Waals surface area contributed by atoms with E-state index in [9.17, 15) is 0 Å². The first kappa shape index (κ1) is 19.9. The summed E-state index contributed by atoms with van der Waals surface area (Å²) in [6.07, 6.45) is 6.90. The van der Waals surface area contributed by atoms with Gasteiger partial charge >= 0.3 is 0 Å². The zero-order valence-corrected chi connectivity index (χ0v) is 17.7. The second-order valence-corrected chi connectivity index (χ2v) is 7.41. The second kappa shape index (κ2) is 8.47. The van der Waals surface area contributed by atoms with Crippen LogP contribution in [0.1, 0.15) is 55.9 Å². The number of nitrogens with zero attached hydrogens (tertiary/aromatic N) is 1. The molecule has 0 bridgehead atoms. The van der Waals surface area contributed by atoms with Gasteiger partial charge in [0.1, 0.15) is 17.7 Å². The van der Waals surface area contributed by atoms with Gasteiger partial charge in [-0.25, -0.2) is 0 Å². The van der Waals surface area contributed by atoms with E-state index in [4.69, 9.17) is 9.26 Å². The Balaban J connectivity index is 2.14. The molecule has 0 radical (unpaired) electrons. The van der Waals surface area contributed by atoms with Crippen LogP contribution in [0.5, 0.6) is 5.75 Å². The van der Waals surface area contributed by atoms with Crippen LogP contribution in [-0.4, -0.2) is 12.3 Å². The molecule has 1 heterocycles. The summed E-state index contributed by atoms with van der Waals surface area (Å²) in [5.74, 6) is 1.39. The standard InChI is InChI=1S/C25H29NO2/c1-7-9-19-13-20(10-11-21(19)16(3)4)23-15-28-26-25(23)22-14-18(8-2)24(27-6)12-17(22)5/h7,9-16H,8H2,1-6H3/b9-7-. The molecule has 2 aromatic carbocycles. The summed E-state index contributed by atoms with van der Waals surface area (Å²) in [6, 6.07) is 10.9. The number of benzene rings is 2. The molecule has 0 N–H and O–H groups in total. The van der Waals surface area contributed by atoms with E-state index >= 15 is 0 Å². The van der Waals surface area contributed by atoms with Crippen LogP contribution in [0.3, 0.4) is 0 Å². The molecular weight excluding hydrogens is 346 g/mol. The van der Waals surface area contributed by atoms with Gasteiger partial charge in [0.25, 0.3) is 0 Å². The van der Waals surface area contributed by atoms with Gasteiger partial charge in [0, 0.05) is 11.1 Å². The van der Waals surface area contributed by atoms with Gasteiger partial charge in [-0.15, -0.1) is 0 Å². The maximum atomic E-state index is 5.53. The lowest BCUT2D eigenvalue weighted by atomic mass is 9.91. The molecule has 0 spiro atoms. The highest BCUT2D eigenvalue weighted by molar-refractivity contribution is 5.83. The maximum Gasteiger partial charge on any atom is 0.132 e. The minimum atomic E-state index is 0.471. The number of allylic oxidation sites excluding steroid dienone is 1. The van der Waals surface area contributed by atoms with Crippen molar-refractivity contribution in [3.05, 3.63) is 64.9 Å². The molecule has 3 aromatic rings. The van der Waals surface area contributed by atoms with Crippen LogP contribution in [0.2, 0.25) is 0 Å². The van der Waals surface area contributed by atoms with Crippen molar-refractivity contribution in [3.63, 3.8) is 0 Å². The molecule has 28 heavy (non-hydrogen) atoms. The molecule has 3 rings (SSSR count). The molecule has 0 saturated heterocycles. The van der Waals surface area contributed by atoms with E-state index in [2.05, 4.69) is 82.3 Å². The molecule has 0 aliphatic heterocycles. The van der Waals surface area contributed by atoms with Crippen LogP contribution in [0.15, 0.2) is 47.2 Å². The Morgan fingerprint density at radius 1 is 1.14 bits per heavy atom. The van der Waals surface area contributed by atoms with Gasteiger partial charge in [0.15, 0.2) is 0 Å². The molecule has 0 fully saturated rings. The summed E-state index contributed by atoms with van der Waals surface area (Å²) in [6.45, 7) is 10.7. The normalized spacial score (nSPS) is 11.5. The van der Waals surface area contributed by atoms with Crippen molar-refractivity contribution in [3.8, 4) is 28.1 Å². The molecule has 0 atom stereocenters. The SMILES string of the molecule is C/C=C\c1cc(-c2conc2-c2cc(CC)c(OC)cc2C)ccc1C(C)C. The lowest BCUT2D eigenvalue weighted by Gasteiger charge is -2.14. The van der Waals surface area contributed by atoms with Gasteiger partial charge in [0.2, 0.25) is 0 Å². The van der Waals surface area contributed by atoms with Crippen molar-refractivity contribution in [1.29, 1.82) is 0 Å². The van der Waals surface area contributed by atoms with Crippen molar-refractivity contribution < 1.29 is 9.26 Å². The molecule has 0 amide bonds. The number of hydrogen-bond acceptors (Lipinski definition) is 3. The van der Waals surface area contributed by atoms with E-state index in [1.807, 2.05) is 0 Å². The van der Waals surface area contributed by atoms with E-state index in [1.54, 1.807) is 13.4 Å². The predicted molar refractivity (Wildman–Crippen MR) is 117 cm³/mol. The Morgan fingerprint density at radius 2 is 1.93 bits per heavy atom. The van der Waals surface area contributed by atoms with E-state index in [1.165, 1.54) is 16.7 Å². The largest absolute Gasteiger partial charge is 0.496 e. The van der Waals surface area contributed by atoms with Crippen LogP contribution >= 0.6 is 0 Å². The van der Waals surface area contributed by atoms with Gasteiger partial charge in [-0.05, 0) is 72.2 Å². The number of hydrogen-bond donors (Lipinski definition) is 0. The van der Waals surface area contributed by atoms with Gasteiger partial charge < -0.3 is 9.26 Å². The first-order valence-electron chi connectivity index (χ1n) is 9.89. The first-order chi connectivity index (χ1) is 13.5. The van der Waals surface area contributed by atoms with E-state index in [0.29, 0.717) is 5.92 Å². The molecule has 0 saturated carbocycles. The van der Waals surface area contributed by atoms with Crippen molar-refractivity contribution in [1.82, 2.24) is 5.16 Å². The average molecular weight is 376 g/mol. The number of rotatable bonds is 6. The number of ether oxygens (including phenoxy) is 1. The summed E-state index contributed by atoms with van der Waals surface area (Å²) in [7, 11) is 1.72. The third kappa shape index (κ3) is 3.75. The van der Waals surface area contributed by atoms with Crippen molar-refractivity contribution in [2.24, 2.45) is 0 Å². The minimum absolute atomic E-state index is 0.471. The zero-order valence-electron chi connectivity index (χ0n) is 17.7. The minimum Gasteiger partial charge on any atom is -0.496 e. The highest BCUT2D eigenvalue weighted by atomic mass is 16.5. The van der Waals surface area contributed by atoms with Gasteiger partial charge in [-0.3, -0.25) is 0 Å². The van der Waals surface area contributed by atoms with Gasteiger partial charge in [-0.2, -0.15) is 0 Å². The van der Waals surface area contributed by atoms with Gasteiger partial charge in [0.05, 0.1) is 7.11 Å². The van der Waals surface area contributed by atoms with Crippen LogP contribution < -0.4 is 4.74 Å². The number of aryl methyl sites for hydroxylation is 2. The summed E-state index contributed by atoms with van der Waals surface area (Å²) < 4.78 is 10.9. The van der Waals surface area contributed by atoms with E-state index in [0.717, 1.165) is 40.1 Å². The zero-order chi connectivity index (χ0) is 20.3. The summed E-state index contributed by atoms with van der Waals surface area (Å²) in [5, 5.41) is 4.35. The van der Waals surface area contributed by atoms with Crippen molar-refractivity contribution in [2.45, 2.75) is 47.0 Å². The van der Waals surface area contributed by atoms with Crippen LogP contribution in [0.25, 0.3) is 28.5 Å². The maximum absolute atomic E-state index is 5.53. The number of methoxy groups -OCH3 is 1. The molecular formula is C25H29NO2. The van der Waals surface area contributed by atoms with E-state index < -0.39 is 0 Å². The highest BCUT2D eigenvalue weighted by Gasteiger charge is 2.18. The molecule has 1 aromatic heterocycles. The average Bonchev–Trinajstić information content (AvgIpc) is 3.17. The molecule has 146 valence electrons. The monoisotopic (exact) mass is 375 g/mol. The highest BCUT2D eigenvalue weighted by Crippen LogP contribution is 2.37. The quantitative estimate of drug-likeness (QED) is 0.463. The Hall–Kier alpha value is -2.81. The Morgan fingerprint density at radius 3 is 2.57 bits per heavy atom. The molecule has 3 nitrogen and oxygen atoms in total. The Labute approximate surface area is 168 Å². The predicted octanol–water partition coefficient (Wildman–Crippen LogP) is 7.04. The van der Waals surface area contributed by atoms with Gasteiger partial charge in [-0.1, -0.05) is 50.2 Å². The Kier molecular flexibility index (Phi) is 6.03. The molecule has 0 unspecified atom stereocenters. The third-order valence-corrected chi connectivity index (χ3v) is 5.20. The first-order valence-corrected chi connectivity index (χ1v) is 9.89. The fourth-order valence-electron chi connectivity index (χ4n) is 3.68. The number of aromatic nitrogens is 1. The van der Waals surface area contributed by atoms with Crippen LogP contribution in [0.4, 0.5) is 0 Å². The Bertz CT molecular complexity index is 996. The summed E-state index contributed by atoms with van der Waals surface area (Å²) in [4.78, 5) is 0. The molecule has 0 aliphatic rings. The fourth-order valence-corrected chi connectivity index (χ4v) is 3.68. The summed E-state index contributed by atoms with van der Waals surface area (Å²) >= 11 is 0. The van der Waals surface area contributed by atoms with E-state index in [-0.39, 0.29) is 0 Å². The van der Waals surface area contributed by atoms with Crippen LogP contribution in [-0.2, 0) is 6.42 Å². The lowest BCUT2D eigenvalue weighted by molar-refractivity contribution is 0.409. The van der Waals surface area contributed by atoms with Crippen molar-refractivity contribution in [2.75, 3.05) is 7.11 Å². The lowest BCUT2D eigenvalue weighted by Crippen LogP contribution is -1.96.